The molecular formula is C22H34N4O6. The minimum atomic E-state index is -1.24. The van der Waals surface area contributed by atoms with E-state index >= 15 is 0 Å². The molecule has 1 aromatic heterocycles. The Morgan fingerprint density at radius 3 is 2.34 bits per heavy atom. The van der Waals surface area contributed by atoms with Gasteiger partial charge in [0.15, 0.2) is 0 Å². The summed E-state index contributed by atoms with van der Waals surface area (Å²) < 4.78 is 17.4. The first kappa shape index (κ1) is 24.0. The minimum absolute atomic E-state index is 0.149. The highest BCUT2D eigenvalue weighted by Gasteiger charge is 2.30. The normalized spacial score (nSPS) is 21.3. The summed E-state index contributed by atoms with van der Waals surface area (Å²) in [4.78, 5) is 35.7. The number of hydrogen-bond acceptors (Lipinski definition) is 8. The second kappa shape index (κ2) is 9.89. The SMILES string of the molecule is C[C@H](Oc1cc(OC2CCN(C(=O)OC(C)(C)C)CC2)nc(C(=O)O)n1)[C@@H]1CCCN1C. The van der Waals surface area contributed by atoms with Gasteiger partial charge >= 0.3 is 12.1 Å². The summed E-state index contributed by atoms with van der Waals surface area (Å²) in [7, 11) is 2.05. The maximum absolute atomic E-state index is 12.2. The molecule has 3 rings (SSSR count). The Hall–Kier alpha value is -2.62. The maximum atomic E-state index is 12.2. The second-order valence-electron chi connectivity index (χ2n) is 9.47. The third kappa shape index (κ3) is 6.44. The number of hydrogen-bond donors (Lipinski definition) is 1. The van der Waals surface area contributed by atoms with Crippen LogP contribution < -0.4 is 9.47 Å². The molecule has 0 spiro atoms. The van der Waals surface area contributed by atoms with Crippen LogP contribution in [0.25, 0.3) is 0 Å². The molecule has 1 aromatic rings. The summed E-state index contributed by atoms with van der Waals surface area (Å²) in [6.07, 6.45) is 2.62. The van der Waals surface area contributed by atoms with Crippen molar-refractivity contribution in [2.45, 2.75) is 77.2 Å². The molecule has 0 aliphatic carbocycles. The summed E-state index contributed by atoms with van der Waals surface area (Å²) in [5.41, 5.74) is -0.542. The van der Waals surface area contributed by atoms with Crippen LogP contribution in [0.1, 0.15) is 64.0 Å². The first-order valence-electron chi connectivity index (χ1n) is 11.2. The number of piperidine rings is 1. The maximum Gasteiger partial charge on any atom is 0.410 e. The minimum Gasteiger partial charge on any atom is -0.475 e. The van der Waals surface area contributed by atoms with Crippen molar-refractivity contribution in [1.29, 1.82) is 0 Å². The van der Waals surface area contributed by atoms with Crippen molar-refractivity contribution in [3.8, 4) is 11.8 Å². The molecule has 0 saturated carbocycles. The molecule has 0 unspecified atom stereocenters. The molecule has 2 fully saturated rings. The first-order chi connectivity index (χ1) is 15.0. The van der Waals surface area contributed by atoms with Crippen LogP contribution in [0.4, 0.5) is 4.79 Å². The Morgan fingerprint density at radius 2 is 1.78 bits per heavy atom. The standard InChI is InChI=1S/C22H34N4O6/c1-14(16-7-6-10-25(16)5)30-17-13-18(24-19(23-17)20(27)28)31-15-8-11-26(12-9-15)21(29)32-22(2,3)4/h13-16H,6-12H2,1-5H3,(H,27,28)/t14-,16-/m0/s1. The number of aromatic carboxylic acids is 1. The van der Waals surface area contributed by atoms with Crippen LogP contribution in [0, 0.1) is 0 Å². The van der Waals surface area contributed by atoms with Gasteiger partial charge in [0.1, 0.15) is 17.8 Å². The lowest BCUT2D eigenvalue weighted by Gasteiger charge is -2.33. The molecule has 1 amide bonds. The number of likely N-dealkylation sites (tertiary alicyclic amines) is 2. The number of carboxylic acid groups (broad SMARTS) is 1. The highest BCUT2D eigenvalue weighted by molar-refractivity contribution is 5.83. The van der Waals surface area contributed by atoms with Crippen LogP contribution in [0.5, 0.6) is 11.8 Å². The van der Waals surface area contributed by atoms with Gasteiger partial charge in [0.25, 0.3) is 0 Å². The summed E-state index contributed by atoms with van der Waals surface area (Å²) in [5, 5.41) is 9.41. The molecular weight excluding hydrogens is 416 g/mol. The number of rotatable bonds is 6. The zero-order valence-electron chi connectivity index (χ0n) is 19.5. The fourth-order valence-electron chi connectivity index (χ4n) is 4.07. The number of carbonyl (C=O) groups is 2. The van der Waals surface area contributed by atoms with E-state index in [-0.39, 0.29) is 41.9 Å². The fourth-order valence-corrected chi connectivity index (χ4v) is 4.07. The quantitative estimate of drug-likeness (QED) is 0.698. The highest BCUT2D eigenvalue weighted by Crippen LogP contribution is 2.25. The molecule has 0 bridgehead atoms. The van der Waals surface area contributed by atoms with E-state index in [0.717, 1.165) is 19.4 Å². The van der Waals surface area contributed by atoms with Gasteiger partial charge in [0, 0.05) is 32.0 Å². The molecule has 10 nitrogen and oxygen atoms in total. The zero-order valence-corrected chi connectivity index (χ0v) is 19.5. The average Bonchev–Trinajstić information content (AvgIpc) is 3.13. The molecule has 32 heavy (non-hydrogen) atoms. The molecule has 178 valence electrons. The third-order valence-electron chi connectivity index (χ3n) is 5.68. The number of aromatic nitrogens is 2. The number of carbonyl (C=O) groups excluding carboxylic acids is 1. The van der Waals surface area contributed by atoms with Crippen molar-refractivity contribution in [1.82, 2.24) is 19.8 Å². The van der Waals surface area contributed by atoms with E-state index in [1.165, 1.54) is 6.07 Å². The molecule has 2 atom stereocenters. The van der Waals surface area contributed by atoms with E-state index in [2.05, 4.69) is 21.9 Å². The van der Waals surface area contributed by atoms with Gasteiger partial charge < -0.3 is 24.2 Å². The molecule has 2 aliphatic rings. The molecule has 0 radical (unpaired) electrons. The monoisotopic (exact) mass is 450 g/mol. The lowest BCUT2D eigenvalue weighted by atomic mass is 10.1. The predicted octanol–water partition coefficient (Wildman–Crippen LogP) is 2.81. The van der Waals surface area contributed by atoms with Crippen molar-refractivity contribution in [3.05, 3.63) is 11.9 Å². The number of nitrogens with zero attached hydrogens (tertiary/aromatic N) is 4. The Bertz CT molecular complexity index is 819. The van der Waals surface area contributed by atoms with Crippen LogP contribution in [0.3, 0.4) is 0 Å². The summed E-state index contributed by atoms with van der Waals surface area (Å²) in [6.45, 7) is 9.46. The lowest BCUT2D eigenvalue weighted by Crippen LogP contribution is -2.44. The Kier molecular flexibility index (Phi) is 7.43. The summed E-state index contributed by atoms with van der Waals surface area (Å²) in [5.74, 6) is -1.26. The van der Waals surface area contributed by atoms with Crippen molar-refractivity contribution < 1.29 is 28.9 Å². The number of amides is 1. The molecule has 10 heteroatoms. The van der Waals surface area contributed by atoms with Crippen molar-refractivity contribution in [2.24, 2.45) is 0 Å². The van der Waals surface area contributed by atoms with Gasteiger partial charge in [0.05, 0.1) is 6.07 Å². The van der Waals surface area contributed by atoms with Gasteiger partial charge in [-0.15, -0.1) is 0 Å². The van der Waals surface area contributed by atoms with Crippen LogP contribution in [0.2, 0.25) is 0 Å². The van der Waals surface area contributed by atoms with Crippen molar-refractivity contribution in [2.75, 3.05) is 26.7 Å². The van der Waals surface area contributed by atoms with Gasteiger partial charge in [-0.05, 0) is 54.1 Å². The van der Waals surface area contributed by atoms with Crippen LogP contribution in [0.15, 0.2) is 6.07 Å². The van der Waals surface area contributed by atoms with Gasteiger partial charge in [-0.1, -0.05) is 0 Å². The Labute approximate surface area is 188 Å². The predicted molar refractivity (Wildman–Crippen MR) is 116 cm³/mol. The highest BCUT2D eigenvalue weighted by atomic mass is 16.6. The van der Waals surface area contributed by atoms with Crippen LogP contribution >= 0.6 is 0 Å². The Morgan fingerprint density at radius 1 is 1.12 bits per heavy atom. The first-order valence-corrected chi connectivity index (χ1v) is 11.2. The molecule has 2 aliphatic heterocycles. The average molecular weight is 451 g/mol. The third-order valence-corrected chi connectivity index (χ3v) is 5.68. The number of carboxylic acids is 1. The van der Waals surface area contributed by atoms with E-state index in [1.807, 2.05) is 27.7 Å². The molecule has 1 N–H and O–H groups in total. The van der Waals surface area contributed by atoms with Gasteiger partial charge in [-0.2, -0.15) is 9.97 Å². The Balaban J connectivity index is 1.62. The van der Waals surface area contributed by atoms with Crippen LogP contribution in [-0.4, -0.2) is 87.5 Å². The van der Waals surface area contributed by atoms with Crippen molar-refractivity contribution in [3.63, 3.8) is 0 Å². The van der Waals surface area contributed by atoms with E-state index < -0.39 is 11.6 Å². The zero-order chi connectivity index (χ0) is 23.5. The molecule has 0 aromatic carbocycles. The summed E-state index contributed by atoms with van der Waals surface area (Å²) in [6, 6.07) is 1.79. The van der Waals surface area contributed by atoms with Gasteiger partial charge in [-0.25, -0.2) is 9.59 Å². The van der Waals surface area contributed by atoms with Gasteiger partial charge in [-0.3, -0.25) is 4.90 Å². The topological polar surface area (TPSA) is 114 Å². The van der Waals surface area contributed by atoms with E-state index in [4.69, 9.17) is 14.2 Å². The van der Waals surface area contributed by atoms with E-state index in [9.17, 15) is 14.7 Å². The van der Waals surface area contributed by atoms with E-state index in [0.29, 0.717) is 25.9 Å². The van der Waals surface area contributed by atoms with E-state index in [1.54, 1.807) is 4.90 Å². The largest absolute Gasteiger partial charge is 0.475 e. The second-order valence-corrected chi connectivity index (χ2v) is 9.47. The summed E-state index contributed by atoms with van der Waals surface area (Å²) >= 11 is 0. The lowest BCUT2D eigenvalue weighted by molar-refractivity contribution is 0.0121. The molecule has 2 saturated heterocycles. The van der Waals surface area contributed by atoms with Crippen molar-refractivity contribution >= 4 is 12.1 Å². The smallest absolute Gasteiger partial charge is 0.410 e. The number of ether oxygens (including phenoxy) is 3. The fraction of sp³-hybridized carbons (Fsp3) is 0.727. The van der Waals surface area contributed by atoms with Crippen LogP contribution in [-0.2, 0) is 4.74 Å². The number of likely N-dealkylation sites (N-methyl/N-ethyl adjacent to an activating group) is 1. The van der Waals surface area contributed by atoms with Gasteiger partial charge in [0.2, 0.25) is 17.6 Å². The molecule has 3 heterocycles.